The second-order valence-electron chi connectivity index (χ2n) is 5.16. The number of amides is 2. The Morgan fingerprint density at radius 1 is 1.16 bits per heavy atom. The number of imidazole rings is 1. The summed E-state index contributed by atoms with van der Waals surface area (Å²) in [6.07, 6.45) is 5.88. The zero-order chi connectivity index (χ0) is 18.1. The van der Waals surface area contributed by atoms with E-state index in [4.69, 9.17) is 4.74 Å². The molecule has 1 aromatic carbocycles. The lowest BCUT2D eigenvalue weighted by atomic mass is 10.2. The molecule has 25 heavy (non-hydrogen) atoms. The predicted molar refractivity (Wildman–Crippen MR) is 90.9 cm³/mol. The van der Waals surface area contributed by atoms with E-state index in [2.05, 4.69) is 15.6 Å². The number of carbonyl (C=O) groups excluding carboxylic acids is 3. The van der Waals surface area contributed by atoms with Crippen LogP contribution in [0.2, 0.25) is 0 Å². The zero-order valence-electron chi connectivity index (χ0n) is 13.9. The smallest absolute Gasteiger partial charge is 0.338 e. The van der Waals surface area contributed by atoms with Crippen molar-refractivity contribution in [2.24, 2.45) is 0 Å². The minimum Gasteiger partial charge on any atom is -0.462 e. The minimum atomic E-state index is -0.758. The lowest BCUT2D eigenvalue weighted by molar-refractivity contribution is -0.136. The molecule has 2 amide bonds. The number of hydrogen-bond acceptors (Lipinski definition) is 5. The van der Waals surface area contributed by atoms with Gasteiger partial charge in [-0.15, -0.1) is 0 Å². The first-order valence-corrected chi connectivity index (χ1v) is 7.92. The highest BCUT2D eigenvalue weighted by molar-refractivity contribution is 6.39. The van der Waals surface area contributed by atoms with Gasteiger partial charge in [-0.2, -0.15) is 0 Å². The maximum absolute atomic E-state index is 11.8. The van der Waals surface area contributed by atoms with Gasteiger partial charge in [0.2, 0.25) is 0 Å². The van der Waals surface area contributed by atoms with E-state index in [0.717, 1.165) is 0 Å². The highest BCUT2D eigenvalue weighted by atomic mass is 16.5. The highest BCUT2D eigenvalue weighted by Gasteiger charge is 2.13. The van der Waals surface area contributed by atoms with Crippen LogP contribution in [0.5, 0.6) is 0 Å². The molecule has 1 aromatic heterocycles. The van der Waals surface area contributed by atoms with Crippen LogP contribution in [-0.4, -0.2) is 40.5 Å². The van der Waals surface area contributed by atoms with Gasteiger partial charge in [0.25, 0.3) is 0 Å². The zero-order valence-corrected chi connectivity index (χ0v) is 13.9. The quantitative estimate of drug-likeness (QED) is 0.446. The lowest BCUT2D eigenvalue weighted by Gasteiger charge is -2.07. The fourth-order valence-electron chi connectivity index (χ4n) is 2.05. The molecule has 0 bridgehead atoms. The van der Waals surface area contributed by atoms with Gasteiger partial charge in [0.15, 0.2) is 0 Å². The molecule has 2 rings (SSSR count). The van der Waals surface area contributed by atoms with E-state index in [1.807, 2.05) is 10.8 Å². The van der Waals surface area contributed by atoms with Gasteiger partial charge in [-0.3, -0.25) is 9.59 Å². The third-order valence-electron chi connectivity index (χ3n) is 3.30. The fourth-order valence-corrected chi connectivity index (χ4v) is 2.05. The van der Waals surface area contributed by atoms with Crippen LogP contribution in [0.4, 0.5) is 5.69 Å². The number of carbonyl (C=O) groups is 3. The molecule has 8 heteroatoms. The number of esters is 1. The molecule has 0 spiro atoms. The fraction of sp³-hybridized carbons (Fsp3) is 0.294. The Morgan fingerprint density at radius 3 is 2.56 bits per heavy atom. The molecular formula is C17H20N4O4. The van der Waals surface area contributed by atoms with Crippen molar-refractivity contribution in [2.75, 3.05) is 18.5 Å². The largest absolute Gasteiger partial charge is 0.462 e. The Balaban J connectivity index is 1.74. The van der Waals surface area contributed by atoms with Crippen molar-refractivity contribution in [3.05, 3.63) is 48.5 Å². The number of aryl methyl sites for hydroxylation is 1. The highest BCUT2D eigenvalue weighted by Crippen LogP contribution is 2.10. The van der Waals surface area contributed by atoms with Gasteiger partial charge >= 0.3 is 17.8 Å². The Morgan fingerprint density at radius 2 is 1.92 bits per heavy atom. The van der Waals surface area contributed by atoms with Crippen LogP contribution >= 0.6 is 0 Å². The van der Waals surface area contributed by atoms with Crippen LogP contribution in [-0.2, 0) is 20.9 Å². The Bertz CT molecular complexity index is 711. The molecule has 0 aliphatic rings. The number of nitrogens with one attached hydrogen (secondary N) is 2. The molecule has 1 heterocycles. The van der Waals surface area contributed by atoms with Crippen LogP contribution in [0.3, 0.4) is 0 Å². The summed E-state index contributed by atoms with van der Waals surface area (Å²) in [5.41, 5.74) is 0.801. The average Bonchev–Trinajstić information content (AvgIpc) is 3.12. The van der Waals surface area contributed by atoms with E-state index in [1.165, 1.54) is 24.3 Å². The number of ether oxygens (including phenoxy) is 1. The third-order valence-corrected chi connectivity index (χ3v) is 3.30. The summed E-state index contributed by atoms with van der Waals surface area (Å²) in [6.45, 7) is 3.10. The SMILES string of the molecule is CCOC(=O)c1ccc(NC(=O)C(=O)NCCCn2ccnc2)cc1. The van der Waals surface area contributed by atoms with E-state index < -0.39 is 17.8 Å². The maximum Gasteiger partial charge on any atom is 0.338 e. The Hall–Kier alpha value is -3.16. The number of aromatic nitrogens is 2. The number of nitrogens with zero attached hydrogens (tertiary/aromatic N) is 2. The topological polar surface area (TPSA) is 102 Å². The first kappa shape index (κ1) is 18.2. The predicted octanol–water partition coefficient (Wildman–Crippen LogP) is 1.20. The summed E-state index contributed by atoms with van der Waals surface area (Å²) in [4.78, 5) is 39.0. The second-order valence-corrected chi connectivity index (χ2v) is 5.16. The van der Waals surface area contributed by atoms with Crippen LogP contribution in [0.15, 0.2) is 43.0 Å². The van der Waals surface area contributed by atoms with Crippen molar-refractivity contribution in [3.63, 3.8) is 0 Å². The maximum atomic E-state index is 11.8. The van der Waals surface area contributed by atoms with Crippen LogP contribution in [0.25, 0.3) is 0 Å². The normalized spacial score (nSPS) is 10.1. The monoisotopic (exact) mass is 344 g/mol. The van der Waals surface area contributed by atoms with Gasteiger partial charge in [0.05, 0.1) is 18.5 Å². The van der Waals surface area contributed by atoms with Gasteiger partial charge in [0.1, 0.15) is 0 Å². The van der Waals surface area contributed by atoms with Crippen LogP contribution < -0.4 is 10.6 Å². The van der Waals surface area contributed by atoms with Gasteiger partial charge in [-0.05, 0) is 37.6 Å². The summed E-state index contributed by atoms with van der Waals surface area (Å²) >= 11 is 0. The molecular weight excluding hydrogens is 324 g/mol. The van der Waals surface area contributed by atoms with E-state index >= 15 is 0 Å². The molecule has 8 nitrogen and oxygen atoms in total. The van der Waals surface area contributed by atoms with Gasteiger partial charge in [-0.25, -0.2) is 9.78 Å². The molecule has 2 aromatic rings. The van der Waals surface area contributed by atoms with Crippen molar-refractivity contribution in [2.45, 2.75) is 19.9 Å². The Kier molecular flexibility index (Phi) is 6.70. The Labute approximate surface area is 145 Å². The molecule has 0 aliphatic carbocycles. The second kappa shape index (κ2) is 9.21. The van der Waals surface area contributed by atoms with Crippen molar-refractivity contribution < 1.29 is 19.1 Å². The minimum absolute atomic E-state index is 0.290. The van der Waals surface area contributed by atoms with Crippen molar-refractivity contribution in [1.29, 1.82) is 0 Å². The van der Waals surface area contributed by atoms with Crippen LogP contribution in [0, 0.1) is 0 Å². The molecule has 0 radical (unpaired) electrons. The molecule has 0 aliphatic heterocycles. The van der Waals surface area contributed by atoms with E-state index in [9.17, 15) is 14.4 Å². The summed E-state index contributed by atoms with van der Waals surface area (Å²) < 4.78 is 6.76. The first-order valence-electron chi connectivity index (χ1n) is 7.92. The lowest BCUT2D eigenvalue weighted by Crippen LogP contribution is -2.36. The molecule has 0 saturated carbocycles. The van der Waals surface area contributed by atoms with Gasteiger partial charge in [0, 0.05) is 31.2 Å². The standard InChI is InChI=1S/C17H20N4O4/c1-2-25-17(24)13-4-6-14(7-5-13)20-16(23)15(22)19-8-3-10-21-11-9-18-12-21/h4-7,9,11-12H,2-3,8,10H2,1H3,(H,19,22)(H,20,23). The molecule has 2 N–H and O–H groups in total. The first-order chi connectivity index (χ1) is 12.1. The van der Waals surface area contributed by atoms with Crippen molar-refractivity contribution in [1.82, 2.24) is 14.9 Å². The number of rotatable bonds is 7. The van der Waals surface area contributed by atoms with E-state index in [-0.39, 0.29) is 0 Å². The van der Waals surface area contributed by atoms with Crippen LogP contribution in [0.1, 0.15) is 23.7 Å². The van der Waals surface area contributed by atoms with Gasteiger partial charge in [-0.1, -0.05) is 0 Å². The molecule has 0 fully saturated rings. The number of hydrogen-bond donors (Lipinski definition) is 2. The summed E-state index contributed by atoms with van der Waals surface area (Å²) in [5, 5.41) is 5.03. The van der Waals surface area contributed by atoms with Crippen molar-refractivity contribution >= 4 is 23.5 Å². The molecule has 0 unspecified atom stereocenters. The van der Waals surface area contributed by atoms with E-state index in [1.54, 1.807) is 19.4 Å². The number of benzene rings is 1. The third kappa shape index (κ3) is 5.76. The summed E-state index contributed by atoms with van der Waals surface area (Å²) in [7, 11) is 0. The average molecular weight is 344 g/mol. The molecule has 0 atom stereocenters. The van der Waals surface area contributed by atoms with Crippen molar-refractivity contribution in [3.8, 4) is 0 Å². The van der Waals surface area contributed by atoms with Gasteiger partial charge < -0.3 is 19.9 Å². The van der Waals surface area contributed by atoms with E-state index in [0.29, 0.717) is 37.4 Å². The summed E-state index contributed by atoms with van der Waals surface area (Å²) in [6, 6.07) is 6.13. The summed E-state index contributed by atoms with van der Waals surface area (Å²) in [5.74, 6) is -1.90. The molecule has 132 valence electrons. The molecule has 0 saturated heterocycles. The number of anilines is 1.